The molecule has 9 aromatic carbocycles. The second kappa shape index (κ2) is 11.7. The summed E-state index contributed by atoms with van der Waals surface area (Å²) in [4.78, 5) is 0. The second-order valence-electron chi connectivity index (χ2n) is 13.2. The lowest BCUT2D eigenvalue weighted by Gasteiger charge is -2.35. The van der Waals surface area contributed by atoms with Crippen molar-refractivity contribution in [1.29, 1.82) is 0 Å². The van der Waals surface area contributed by atoms with Crippen LogP contribution in [0.15, 0.2) is 194 Å². The summed E-state index contributed by atoms with van der Waals surface area (Å²) in [6, 6.07) is 72.9. The molecule has 0 aliphatic heterocycles. The third kappa shape index (κ3) is 4.43. The van der Waals surface area contributed by atoms with Crippen LogP contribution in [0, 0.1) is 0 Å². The first-order chi connectivity index (χ1) is 24.8. The predicted molar refractivity (Wildman–Crippen MR) is 221 cm³/mol. The van der Waals surface area contributed by atoms with Gasteiger partial charge in [0.05, 0.1) is 0 Å². The molecule has 0 aliphatic rings. The van der Waals surface area contributed by atoms with Gasteiger partial charge >= 0.3 is 0 Å². The molecule has 0 aliphatic carbocycles. The topological polar surface area (TPSA) is 0 Å². The Morgan fingerprint density at radius 1 is 0.260 bits per heavy atom. The maximum Gasteiger partial charge on any atom is 0.179 e. The summed E-state index contributed by atoms with van der Waals surface area (Å²) in [5.41, 5.74) is 2.50. The van der Waals surface area contributed by atoms with E-state index in [0.717, 1.165) is 0 Å². The zero-order valence-electron chi connectivity index (χ0n) is 27.4. The van der Waals surface area contributed by atoms with Crippen molar-refractivity contribution in [3.8, 4) is 11.1 Å². The smallest absolute Gasteiger partial charge is 0.135 e. The van der Waals surface area contributed by atoms with Gasteiger partial charge in [-0.3, -0.25) is 0 Å². The van der Waals surface area contributed by atoms with E-state index in [1.165, 1.54) is 84.4 Å². The van der Waals surface area contributed by atoms with Crippen molar-refractivity contribution >= 4 is 92.6 Å². The van der Waals surface area contributed by atoms with Crippen molar-refractivity contribution in [2.24, 2.45) is 0 Å². The summed E-state index contributed by atoms with van der Waals surface area (Å²) in [5, 5.41) is 16.0. The molecule has 0 saturated heterocycles. The van der Waals surface area contributed by atoms with Gasteiger partial charge in [-0.25, -0.2) is 0 Å². The van der Waals surface area contributed by atoms with Gasteiger partial charge in [0, 0.05) is 20.2 Å². The Bertz CT molecular complexity index is 2790. The van der Waals surface area contributed by atoms with Gasteiger partial charge in [-0.15, -0.1) is 11.3 Å². The van der Waals surface area contributed by atoms with Crippen LogP contribution >= 0.6 is 11.3 Å². The lowest BCUT2D eigenvalue weighted by molar-refractivity contribution is 1.65. The molecule has 0 atom stereocenters. The van der Waals surface area contributed by atoms with Gasteiger partial charge in [-0.1, -0.05) is 176 Å². The minimum absolute atomic E-state index is 1.25. The summed E-state index contributed by atoms with van der Waals surface area (Å²) < 4.78 is 2.67. The SMILES string of the molecule is c1ccc([Si](c2ccccc2)(c2cccc(-c3ccc4sc5ccccc5c4c3)c2)c2ccc3c4ccccc4c4ccccc4c3c2)cc1. The van der Waals surface area contributed by atoms with Crippen LogP contribution in [0.3, 0.4) is 0 Å². The minimum atomic E-state index is -2.82. The molecular weight excluding hydrogens is 637 g/mol. The Balaban J connectivity index is 1.28. The van der Waals surface area contributed by atoms with Crippen molar-refractivity contribution in [3.63, 3.8) is 0 Å². The summed E-state index contributed by atoms with van der Waals surface area (Å²) in [6.45, 7) is 0. The first kappa shape index (κ1) is 29.1. The van der Waals surface area contributed by atoms with Crippen molar-refractivity contribution < 1.29 is 0 Å². The fourth-order valence-corrected chi connectivity index (χ4v) is 14.2. The number of hydrogen-bond acceptors (Lipinski definition) is 1. The Hall–Kier alpha value is -5.80. The number of hydrogen-bond donors (Lipinski definition) is 0. The van der Waals surface area contributed by atoms with E-state index in [-0.39, 0.29) is 0 Å². The lowest BCUT2D eigenvalue weighted by Crippen LogP contribution is -2.74. The predicted octanol–water partition coefficient (Wildman–Crippen LogP) is 10.6. The number of fused-ring (bicyclic) bond motifs is 9. The van der Waals surface area contributed by atoms with E-state index in [4.69, 9.17) is 0 Å². The van der Waals surface area contributed by atoms with E-state index in [1.807, 2.05) is 11.3 Å². The molecular formula is C48H32SSi. The maximum absolute atomic E-state index is 2.82. The van der Waals surface area contributed by atoms with E-state index in [2.05, 4.69) is 194 Å². The lowest BCUT2D eigenvalue weighted by atomic mass is 9.94. The summed E-state index contributed by atoms with van der Waals surface area (Å²) in [6.07, 6.45) is 0. The number of benzene rings is 9. The maximum atomic E-state index is 2.53. The van der Waals surface area contributed by atoms with Crippen LogP contribution in [0.1, 0.15) is 0 Å². The standard InChI is InChI=1S/C48H32SSi/c1-3-15-35(16-4-1)50(36-17-5-2-6-18-36,38-27-28-43-41-22-8-7-20-39(41)40-21-9-10-23-42(40)45(43)32-38)37-19-13-14-33(30-37)34-26-29-48-46(31-34)44-24-11-12-25-47(44)49-48/h1-32H. The van der Waals surface area contributed by atoms with Crippen LogP contribution in [-0.2, 0) is 0 Å². The van der Waals surface area contributed by atoms with E-state index in [0.29, 0.717) is 0 Å². The van der Waals surface area contributed by atoms with Crippen LogP contribution in [0.4, 0.5) is 0 Å². The third-order valence-corrected chi connectivity index (χ3v) is 16.5. The van der Waals surface area contributed by atoms with Crippen molar-refractivity contribution in [2.45, 2.75) is 0 Å². The summed E-state index contributed by atoms with van der Waals surface area (Å²) in [7, 11) is -2.82. The second-order valence-corrected chi connectivity index (χ2v) is 18.1. The van der Waals surface area contributed by atoms with Gasteiger partial charge in [0.2, 0.25) is 0 Å². The molecule has 1 aromatic heterocycles. The molecule has 0 N–H and O–H groups in total. The summed E-state index contributed by atoms with van der Waals surface area (Å²) >= 11 is 1.87. The van der Waals surface area contributed by atoms with Crippen LogP contribution in [0.2, 0.25) is 0 Å². The van der Waals surface area contributed by atoms with Gasteiger partial charge in [0.1, 0.15) is 0 Å². The van der Waals surface area contributed by atoms with E-state index in [1.54, 1.807) is 0 Å². The highest BCUT2D eigenvalue weighted by Crippen LogP contribution is 2.37. The Kier molecular flexibility index (Phi) is 6.80. The average molecular weight is 669 g/mol. The molecule has 50 heavy (non-hydrogen) atoms. The number of rotatable bonds is 5. The zero-order chi connectivity index (χ0) is 33.1. The molecule has 0 spiro atoms. The molecule has 0 bridgehead atoms. The summed E-state index contributed by atoms with van der Waals surface area (Å²) in [5.74, 6) is 0. The molecule has 10 rings (SSSR count). The molecule has 1 heterocycles. The molecule has 2 heteroatoms. The minimum Gasteiger partial charge on any atom is -0.135 e. The molecule has 0 saturated carbocycles. The highest BCUT2D eigenvalue weighted by molar-refractivity contribution is 7.25. The van der Waals surface area contributed by atoms with Crippen LogP contribution in [0.5, 0.6) is 0 Å². The van der Waals surface area contributed by atoms with Crippen LogP contribution < -0.4 is 20.7 Å². The number of thiophene rings is 1. The van der Waals surface area contributed by atoms with Gasteiger partial charge in [0.25, 0.3) is 0 Å². The fourth-order valence-electron chi connectivity index (χ4n) is 8.35. The molecule has 0 radical (unpaired) electrons. The molecule has 234 valence electrons. The molecule has 0 amide bonds. The van der Waals surface area contributed by atoms with Gasteiger partial charge in [0.15, 0.2) is 8.07 Å². The fraction of sp³-hybridized carbons (Fsp3) is 0. The van der Waals surface area contributed by atoms with Crippen molar-refractivity contribution in [1.82, 2.24) is 0 Å². The average Bonchev–Trinajstić information content (AvgIpc) is 3.57. The Morgan fingerprint density at radius 3 is 1.40 bits per heavy atom. The zero-order valence-corrected chi connectivity index (χ0v) is 29.2. The highest BCUT2D eigenvalue weighted by atomic mass is 32.1. The van der Waals surface area contributed by atoms with Gasteiger partial charge < -0.3 is 0 Å². The van der Waals surface area contributed by atoms with Crippen LogP contribution in [0.25, 0.3) is 63.6 Å². The van der Waals surface area contributed by atoms with E-state index >= 15 is 0 Å². The Labute approximate surface area is 296 Å². The largest absolute Gasteiger partial charge is 0.179 e. The molecule has 0 nitrogen and oxygen atoms in total. The highest BCUT2D eigenvalue weighted by Gasteiger charge is 2.41. The first-order valence-electron chi connectivity index (χ1n) is 17.3. The van der Waals surface area contributed by atoms with Gasteiger partial charge in [-0.2, -0.15) is 0 Å². The molecule has 10 aromatic rings. The van der Waals surface area contributed by atoms with E-state index in [9.17, 15) is 0 Å². The van der Waals surface area contributed by atoms with E-state index < -0.39 is 8.07 Å². The van der Waals surface area contributed by atoms with Crippen molar-refractivity contribution in [3.05, 3.63) is 194 Å². The first-order valence-corrected chi connectivity index (χ1v) is 20.1. The van der Waals surface area contributed by atoms with Crippen LogP contribution in [-0.4, -0.2) is 8.07 Å². The monoisotopic (exact) mass is 668 g/mol. The van der Waals surface area contributed by atoms with Crippen molar-refractivity contribution in [2.75, 3.05) is 0 Å². The normalized spacial score (nSPS) is 12.0. The van der Waals surface area contributed by atoms with Gasteiger partial charge in [-0.05, 0) is 82.4 Å². The molecule has 0 fully saturated rings. The quantitative estimate of drug-likeness (QED) is 0.0973. The third-order valence-electron chi connectivity index (χ3n) is 10.6. The molecule has 0 unspecified atom stereocenters. The Morgan fingerprint density at radius 2 is 0.740 bits per heavy atom.